The van der Waals surface area contributed by atoms with E-state index in [0.717, 1.165) is 68.4 Å². The highest BCUT2D eigenvalue weighted by molar-refractivity contribution is 5.80. The minimum atomic E-state index is 0.335. The predicted molar refractivity (Wildman–Crippen MR) is 113 cm³/mol. The lowest BCUT2D eigenvalue weighted by Crippen LogP contribution is -2.40. The van der Waals surface area contributed by atoms with Crippen LogP contribution in [0.2, 0.25) is 0 Å². The zero-order chi connectivity index (χ0) is 19.3. The van der Waals surface area contributed by atoms with Crippen molar-refractivity contribution in [2.24, 2.45) is 5.92 Å². The number of nitrogens with zero attached hydrogens (tertiary/aromatic N) is 3. The molecule has 2 aliphatic heterocycles. The summed E-state index contributed by atoms with van der Waals surface area (Å²) >= 11 is 0. The Balaban J connectivity index is 1.59. The Kier molecular flexibility index (Phi) is 6.27. The Hall–Kier alpha value is -1.92. The number of hydrogen-bond donors (Lipinski definition) is 1. The summed E-state index contributed by atoms with van der Waals surface area (Å²) in [5.74, 6) is 2.48. The van der Waals surface area contributed by atoms with E-state index in [2.05, 4.69) is 24.1 Å². The first-order valence-electron chi connectivity index (χ1n) is 10.8. The van der Waals surface area contributed by atoms with Gasteiger partial charge in [-0.3, -0.25) is 0 Å². The number of nitrogens with one attached hydrogen (secondary N) is 1. The highest BCUT2D eigenvalue weighted by Crippen LogP contribution is 2.30. The van der Waals surface area contributed by atoms with Gasteiger partial charge in [0.1, 0.15) is 0 Å². The molecule has 1 aromatic heterocycles. The van der Waals surface area contributed by atoms with E-state index in [-0.39, 0.29) is 0 Å². The maximum absolute atomic E-state index is 6.10. The molecule has 0 spiro atoms. The van der Waals surface area contributed by atoms with Gasteiger partial charge in [-0.15, -0.1) is 0 Å². The number of benzene rings is 1. The fraction of sp³-hybridized carbons (Fsp3) is 0.636. The van der Waals surface area contributed by atoms with Crippen molar-refractivity contribution in [1.82, 2.24) is 9.97 Å². The SMILES string of the molecule is CCC(CC)C1CC(Nc2nc3ccccc3nc2N2CCOCC2)CCO1. The van der Waals surface area contributed by atoms with Crippen molar-refractivity contribution < 1.29 is 9.47 Å². The number of hydrogen-bond acceptors (Lipinski definition) is 6. The molecule has 2 unspecified atom stereocenters. The molecule has 28 heavy (non-hydrogen) atoms. The topological polar surface area (TPSA) is 59.5 Å². The number of anilines is 2. The standard InChI is InChI=1S/C22H32N4O2/c1-3-16(4-2)20-15-17(9-12-28-20)23-21-22(26-10-13-27-14-11-26)25-19-8-6-5-7-18(19)24-21/h5-8,16-17,20H,3-4,9-15H2,1-2H3,(H,23,24). The van der Waals surface area contributed by atoms with Crippen molar-refractivity contribution in [2.75, 3.05) is 43.1 Å². The molecule has 152 valence electrons. The molecule has 4 rings (SSSR count). The first kappa shape index (κ1) is 19.4. The van der Waals surface area contributed by atoms with Crippen molar-refractivity contribution in [3.05, 3.63) is 24.3 Å². The van der Waals surface area contributed by atoms with Crippen molar-refractivity contribution in [3.8, 4) is 0 Å². The fourth-order valence-corrected chi connectivity index (χ4v) is 4.38. The van der Waals surface area contributed by atoms with Crippen LogP contribution in [0.5, 0.6) is 0 Å². The van der Waals surface area contributed by atoms with Gasteiger partial charge in [-0.05, 0) is 30.9 Å². The summed E-state index contributed by atoms with van der Waals surface area (Å²) in [5, 5.41) is 3.74. The number of fused-ring (bicyclic) bond motifs is 1. The van der Waals surface area contributed by atoms with Crippen molar-refractivity contribution >= 4 is 22.7 Å². The Morgan fingerprint density at radius 1 is 1.07 bits per heavy atom. The Morgan fingerprint density at radius 3 is 2.50 bits per heavy atom. The quantitative estimate of drug-likeness (QED) is 0.816. The third kappa shape index (κ3) is 4.23. The van der Waals surface area contributed by atoms with E-state index in [9.17, 15) is 0 Å². The van der Waals surface area contributed by atoms with Gasteiger partial charge in [0.15, 0.2) is 11.6 Å². The molecular weight excluding hydrogens is 352 g/mol. The molecule has 2 fully saturated rings. The van der Waals surface area contributed by atoms with Gasteiger partial charge in [-0.2, -0.15) is 0 Å². The lowest BCUT2D eigenvalue weighted by Gasteiger charge is -2.35. The van der Waals surface area contributed by atoms with Crippen molar-refractivity contribution in [3.63, 3.8) is 0 Å². The first-order chi connectivity index (χ1) is 13.8. The average Bonchev–Trinajstić information content (AvgIpc) is 2.75. The van der Waals surface area contributed by atoms with Gasteiger partial charge in [0, 0.05) is 25.7 Å². The van der Waals surface area contributed by atoms with E-state index in [1.54, 1.807) is 0 Å². The molecule has 2 saturated heterocycles. The number of aromatic nitrogens is 2. The molecule has 0 amide bonds. The summed E-state index contributed by atoms with van der Waals surface area (Å²) in [5.41, 5.74) is 1.88. The molecule has 1 N–H and O–H groups in total. The molecular formula is C22H32N4O2. The molecule has 1 aromatic carbocycles. The average molecular weight is 385 g/mol. The van der Waals surface area contributed by atoms with E-state index in [4.69, 9.17) is 19.4 Å². The van der Waals surface area contributed by atoms with E-state index >= 15 is 0 Å². The predicted octanol–water partition coefficient (Wildman–Crippen LogP) is 3.86. The highest BCUT2D eigenvalue weighted by Gasteiger charge is 2.29. The van der Waals surface area contributed by atoms with Gasteiger partial charge in [0.25, 0.3) is 0 Å². The summed E-state index contributed by atoms with van der Waals surface area (Å²) < 4.78 is 11.6. The smallest absolute Gasteiger partial charge is 0.172 e. The van der Waals surface area contributed by atoms with Gasteiger partial charge >= 0.3 is 0 Å². The molecule has 0 bridgehead atoms. The Labute approximate surface area is 167 Å². The van der Waals surface area contributed by atoms with E-state index < -0.39 is 0 Å². The second-order valence-corrected chi connectivity index (χ2v) is 7.84. The summed E-state index contributed by atoms with van der Waals surface area (Å²) in [6, 6.07) is 8.48. The third-order valence-electron chi connectivity index (χ3n) is 6.09. The van der Waals surface area contributed by atoms with Gasteiger partial charge in [-0.1, -0.05) is 38.8 Å². The van der Waals surface area contributed by atoms with Crippen LogP contribution in [0.4, 0.5) is 11.6 Å². The van der Waals surface area contributed by atoms with Crippen LogP contribution in [0.25, 0.3) is 11.0 Å². The van der Waals surface area contributed by atoms with Crippen LogP contribution in [0.15, 0.2) is 24.3 Å². The minimum Gasteiger partial charge on any atom is -0.378 e. The molecule has 0 saturated carbocycles. The number of rotatable bonds is 6. The molecule has 2 aliphatic rings. The summed E-state index contributed by atoms with van der Waals surface area (Å²) in [4.78, 5) is 12.2. The maximum Gasteiger partial charge on any atom is 0.172 e. The maximum atomic E-state index is 6.10. The number of ether oxygens (including phenoxy) is 2. The fourth-order valence-electron chi connectivity index (χ4n) is 4.38. The largest absolute Gasteiger partial charge is 0.378 e. The second kappa shape index (κ2) is 9.05. The normalized spacial score (nSPS) is 23.3. The Morgan fingerprint density at radius 2 is 1.79 bits per heavy atom. The van der Waals surface area contributed by atoms with Crippen molar-refractivity contribution in [1.29, 1.82) is 0 Å². The monoisotopic (exact) mass is 384 g/mol. The zero-order valence-corrected chi connectivity index (χ0v) is 17.1. The van der Waals surface area contributed by atoms with Gasteiger partial charge in [0.2, 0.25) is 0 Å². The lowest BCUT2D eigenvalue weighted by molar-refractivity contribution is -0.0271. The summed E-state index contributed by atoms with van der Waals surface area (Å²) in [6.45, 7) is 8.52. The molecule has 0 aliphatic carbocycles. The minimum absolute atomic E-state index is 0.335. The number of para-hydroxylation sites is 2. The van der Waals surface area contributed by atoms with E-state index in [0.29, 0.717) is 18.1 Å². The molecule has 6 heteroatoms. The van der Waals surface area contributed by atoms with Gasteiger partial charge in [0.05, 0.1) is 30.4 Å². The number of morpholine rings is 1. The van der Waals surface area contributed by atoms with Crippen LogP contribution in [0.1, 0.15) is 39.5 Å². The highest BCUT2D eigenvalue weighted by atomic mass is 16.5. The van der Waals surface area contributed by atoms with E-state index in [1.807, 2.05) is 24.3 Å². The van der Waals surface area contributed by atoms with Crippen LogP contribution in [0.3, 0.4) is 0 Å². The molecule has 6 nitrogen and oxygen atoms in total. The van der Waals surface area contributed by atoms with Crippen LogP contribution in [0, 0.1) is 5.92 Å². The summed E-state index contributed by atoms with van der Waals surface area (Å²) in [6.07, 6.45) is 4.71. The van der Waals surface area contributed by atoms with Crippen LogP contribution in [-0.2, 0) is 9.47 Å². The van der Waals surface area contributed by atoms with Crippen LogP contribution < -0.4 is 10.2 Å². The van der Waals surface area contributed by atoms with Gasteiger partial charge in [-0.25, -0.2) is 9.97 Å². The molecule has 2 aromatic rings. The van der Waals surface area contributed by atoms with Crippen LogP contribution >= 0.6 is 0 Å². The molecule has 0 radical (unpaired) electrons. The van der Waals surface area contributed by atoms with E-state index in [1.165, 1.54) is 12.8 Å². The third-order valence-corrected chi connectivity index (χ3v) is 6.09. The summed E-state index contributed by atoms with van der Waals surface area (Å²) in [7, 11) is 0. The van der Waals surface area contributed by atoms with Gasteiger partial charge < -0.3 is 19.7 Å². The molecule has 2 atom stereocenters. The Bertz CT molecular complexity index is 774. The van der Waals surface area contributed by atoms with Crippen molar-refractivity contribution in [2.45, 2.75) is 51.7 Å². The van der Waals surface area contributed by atoms with Crippen LogP contribution in [-0.4, -0.2) is 55.0 Å². The first-order valence-corrected chi connectivity index (χ1v) is 10.8. The molecule has 3 heterocycles. The lowest BCUT2D eigenvalue weighted by atomic mass is 9.89. The zero-order valence-electron chi connectivity index (χ0n) is 17.1. The second-order valence-electron chi connectivity index (χ2n) is 7.84.